The summed E-state index contributed by atoms with van der Waals surface area (Å²) in [6, 6.07) is 107. The molecule has 7 aliphatic rings. The van der Waals surface area contributed by atoms with Gasteiger partial charge in [0.05, 0.1) is 42.1 Å². The fourth-order valence-corrected chi connectivity index (χ4v) is 18.2. The monoisotopic (exact) mass is 2360 g/mol. The van der Waals surface area contributed by atoms with E-state index in [4.69, 9.17) is 30.6 Å². The van der Waals surface area contributed by atoms with Crippen molar-refractivity contribution in [1.82, 2.24) is 24.8 Å². The zero-order chi connectivity index (χ0) is 94.0. The zero-order valence-corrected chi connectivity index (χ0v) is 88.2. The van der Waals surface area contributed by atoms with Crippen LogP contribution in [0.4, 0.5) is 28.4 Å². The quantitative estimate of drug-likeness (QED) is 0.0534. The van der Waals surface area contributed by atoms with Crippen molar-refractivity contribution in [2.75, 3.05) is 40.7 Å². The standard InChI is InChI=1S/2C21H20N.C18H24N2.C15H10N.C14H16N2.C14H12N2.3C5H12O2.3Ir/c2*1-3-7-16(8-4-1)18-11-12-19-14-21(22-15-20(19)13-18)17-9-5-2-6-10-17;1-18(2)11-9-15(10-12-18)17-13-19(3)14-20(17)16-7-5-4-6-8-16;1-2-6-12(7-3-1)15-11-10-13-8-4-5-9-14(13)16-15;2*1-15-11-16(12-7-3-2-4-8-12)14-10-6-5-9-13(14)15;3*1-4(6)3-5(2)7;;;/h2*2,5-6,9,11-16H,1,3-4,7-8H2;4-7,13-15H,9-12H2,1-3H3;1-6,8-11H;2-4,7,11H,5-6,9-10H2,1H3;2-7,9-11H,1H3;3*4-7H,3H2,1-2H3;;;/q2*-1;-2;-1;2*-2;;;;3*+3. The smallest absolute Gasteiger partial charge is 0.510 e. The number of hydrogen-bond donors (Lipinski definition) is 6. The molecule has 20 rings (SSSR count). The van der Waals surface area contributed by atoms with Crippen molar-refractivity contribution in [3.8, 4) is 33.8 Å². The molecule has 0 amide bonds. The van der Waals surface area contributed by atoms with Gasteiger partial charge in [-0.1, -0.05) is 131 Å². The third-order valence-corrected chi connectivity index (χ3v) is 25.0. The van der Waals surface area contributed by atoms with E-state index < -0.39 is 0 Å². The SMILES string of the molecule is CC(O)CC(C)O.CC(O)CC(C)O.CC(O)CC(C)O.CN1C=C(C2CCC(C)(C)CC2)N(c2[c-]cccc2)[CH-]1.CN1[CH-]N(c2[c-]cccc2)C2=C1CCCC2.CN1[CH-]N(c2[c-]cccc2)c2ccccc21.[Ir+3].[Ir+3].[Ir+3].[c-]1ccccc1-c1cc2ccc(C3CCCCC3)cc2cn1.[c-]1ccccc1-c1cc2ccc(C3CCCCC3)cc2cn1.[c-]1ccccc1-c1ccc2ccccc2n1. The molecule has 6 atom stereocenters. The number of benzene rings is 10. The van der Waals surface area contributed by atoms with Gasteiger partial charge in [-0.25, -0.2) is 0 Å². The molecule has 0 bridgehead atoms. The molecular formula is C118H138Ir3N9O6. The number of aromatic nitrogens is 3. The number of para-hydroxylation sites is 6. The number of hydrogen-bond acceptors (Lipinski definition) is 15. The topological polar surface area (TPSA) is 179 Å². The van der Waals surface area contributed by atoms with Crippen LogP contribution in [0.3, 0.4) is 0 Å². The van der Waals surface area contributed by atoms with Crippen LogP contribution < -0.4 is 19.6 Å². The molecular weight excluding hydrogens is 2220 g/mol. The van der Waals surface area contributed by atoms with Gasteiger partial charge in [0.2, 0.25) is 0 Å². The number of fused-ring (bicyclic) bond motifs is 4. The van der Waals surface area contributed by atoms with Gasteiger partial charge in [0.15, 0.2) is 0 Å². The molecule has 0 radical (unpaired) electrons. The van der Waals surface area contributed by atoms with E-state index in [0.717, 1.165) is 68.2 Å². The van der Waals surface area contributed by atoms with Crippen LogP contribution in [0.2, 0.25) is 0 Å². The molecule has 6 heterocycles. The van der Waals surface area contributed by atoms with Crippen LogP contribution in [0, 0.1) is 67.7 Å². The van der Waals surface area contributed by atoms with E-state index in [-0.39, 0.29) is 96.9 Å². The van der Waals surface area contributed by atoms with Crippen molar-refractivity contribution in [2.45, 2.75) is 239 Å². The van der Waals surface area contributed by atoms with Gasteiger partial charge in [0.1, 0.15) is 0 Å². The average molecular weight is 2360 g/mol. The van der Waals surface area contributed by atoms with Gasteiger partial charge in [-0.15, -0.1) is 125 Å². The second kappa shape index (κ2) is 56.5. The molecule has 6 N–H and O–H groups in total. The Bertz CT molecular complexity index is 5490. The molecule has 0 spiro atoms. The predicted octanol–water partition coefficient (Wildman–Crippen LogP) is 26.4. The normalized spacial score (nSPS) is 16.8. The van der Waals surface area contributed by atoms with Crippen molar-refractivity contribution in [1.29, 1.82) is 0 Å². The van der Waals surface area contributed by atoms with E-state index in [2.05, 4.69) is 269 Å². The van der Waals surface area contributed by atoms with Crippen LogP contribution in [-0.2, 0) is 60.3 Å². The number of allylic oxidation sites excluding steroid dienone is 3. The molecule has 18 heteroatoms. The minimum atomic E-state index is -0.375. The van der Waals surface area contributed by atoms with Crippen molar-refractivity contribution in [2.24, 2.45) is 11.3 Å². The third-order valence-electron chi connectivity index (χ3n) is 25.0. The molecule has 136 heavy (non-hydrogen) atoms. The van der Waals surface area contributed by atoms with Crippen molar-refractivity contribution in [3.05, 3.63) is 358 Å². The van der Waals surface area contributed by atoms with Gasteiger partial charge in [-0.2, -0.15) is 111 Å². The molecule has 3 aliphatic heterocycles. The largest absolute Gasteiger partial charge is 3.00 e. The van der Waals surface area contributed by atoms with Crippen LogP contribution in [0.5, 0.6) is 0 Å². The van der Waals surface area contributed by atoms with Crippen LogP contribution >= 0.6 is 0 Å². The van der Waals surface area contributed by atoms with E-state index in [1.54, 1.807) is 41.5 Å². The Balaban J connectivity index is 0.000000175. The summed E-state index contributed by atoms with van der Waals surface area (Å²) >= 11 is 0. The van der Waals surface area contributed by atoms with Gasteiger partial charge < -0.3 is 70.0 Å². The van der Waals surface area contributed by atoms with Gasteiger partial charge in [0.25, 0.3) is 0 Å². The van der Waals surface area contributed by atoms with Gasteiger partial charge in [-0.3, -0.25) is 4.98 Å². The number of aliphatic hydroxyl groups excluding tert-OH is 6. The summed E-state index contributed by atoms with van der Waals surface area (Å²) in [5, 5.41) is 57.6. The number of anilines is 5. The van der Waals surface area contributed by atoms with Crippen molar-refractivity contribution < 1.29 is 91.0 Å². The Hall–Kier alpha value is -9.58. The first kappa shape index (κ1) is 110. The van der Waals surface area contributed by atoms with Gasteiger partial charge in [-0.05, 0) is 274 Å². The minimum absolute atomic E-state index is 0. The molecule has 15 nitrogen and oxygen atoms in total. The maximum Gasteiger partial charge on any atom is 3.00 e. The Labute approximate surface area is 852 Å². The van der Waals surface area contributed by atoms with E-state index in [0.29, 0.717) is 30.6 Å². The van der Waals surface area contributed by atoms with E-state index >= 15 is 0 Å². The van der Waals surface area contributed by atoms with Crippen molar-refractivity contribution >= 4 is 60.9 Å². The Morgan fingerprint density at radius 2 is 0.743 bits per heavy atom. The molecule has 3 saturated carbocycles. The van der Waals surface area contributed by atoms with E-state index in [1.165, 1.54) is 182 Å². The summed E-state index contributed by atoms with van der Waals surface area (Å²) < 4.78 is 0. The number of aliphatic hydroxyl groups is 6. The zero-order valence-electron chi connectivity index (χ0n) is 81.0. The first-order chi connectivity index (χ1) is 64.4. The first-order valence-corrected chi connectivity index (χ1v) is 48.1. The maximum absolute atomic E-state index is 8.56. The summed E-state index contributed by atoms with van der Waals surface area (Å²) in [6.45, 7) is 21.2. The Morgan fingerprint density at radius 1 is 0.353 bits per heavy atom. The fourth-order valence-electron chi connectivity index (χ4n) is 18.2. The first-order valence-electron chi connectivity index (χ1n) is 48.1. The number of pyridine rings is 3. The second-order valence-electron chi connectivity index (χ2n) is 37.2. The number of nitrogens with zero attached hydrogens (tertiary/aromatic N) is 9. The minimum Gasteiger partial charge on any atom is -0.510 e. The van der Waals surface area contributed by atoms with Gasteiger partial charge in [0, 0.05) is 40.9 Å². The predicted molar refractivity (Wildman–Crippen MR) is 549 cm³/mol. The molecule has 13 aromatic rings. The summed E-state index contributed by atoms with van der Waals surface area (Å²) in [5.74, 6) is 2.18. The fraction of sp³-hybridized carbons (Fsp3) is 0.356. The summed E-state index contributed by atoms with van der Waals surface area (Å²) in [7, 11) is 6.31. The Kier molecular flexibility index (Phi) is 45.7. The Morgan fingerprint density at radius 3 is 1.18 bits per heavy atom. The molecule has 4 aliphatic carbocycles. The molecule has 6 unspecified atom stereocenters. The average Bonchev–Trinajstić information content (AvgIpc) is 1.61. The summed E-state index contributed by atoms with van der Waals surface area (Å²) in [4.78, 5) is 27.2. The van der Waals surface area contributed by atoms with Crippen molar-refractivity contribution in [3.63, 3.8) is 0 Å². The van der Waals surface area contributed by atoms with Crippen LogP contribution in [0.1, 0.15) is 213 Å². The summed E-state index contributed by atoms with van der Waals surface area (Å²) in [5.41, 5.74) is 20.8. The van der Waals surface area contributed by atoms with Gasteiger partial charge >= 0.3 is 60.3 Å². The van der Waals surface area contributed by atoms with E-state index in [1.807, 2.05) is 140 Å². The summed E-state index contributed by atoms with van der Waals surface area (Å²) in [6.07, 6.45) is 29.4. The molecule has 0 saturated heterocycles. The number of rotatable bonds is 15. The van der Waals surface area contributed by atoms with E-state index in [9.17, 15) is 0 Å². The third kappa shape index (κ3) is 33.9. The van der Waals surface area contributed by atoms with Crippen LogP contribution in [0.15, 0.2) is 290 Å². The molecule has 3 aromatic heterocycles. The molecule has 10 aromatic carbocycles. The van der Waals surface area contributed by atoms with Crippen LogP contribution in [0.25, 0.3) is 66.2 Å². The second-order valence-corrected chi connectivity index (χ2v) is 37.2. The maximum atomic E-state index is 8.56. The van der Waals surface area contributed by atoms with Crippen LogP contribution in [-0.4, -0.2) is 113 Å². The molecule has 3 fully saturated rings. The molecule has 718 valence electrons.